The van der Waals surface area contributed by atoms with Crippen molar-refractivity contribution in [3.05, 3.63) is 64.7 Å². The molecule has 0 amide bonds. The number of ether oxygens (including phenoxy) is 2. The maximum absolute atomic E-state index is 12.5. The van der Waals surface area contributed by atoms with Crippen LogP contribution in [0, 0.1) is 11.3 Å². The quantitative estimate of drug-likeness (QED) is 0.626. The fourth-order valence-electron chi connectivity index (χ4n) is 2.15. The van der Waals surface area contributed by atoms with Crippen LogP contribution < -0.4 is 4.74 Å². The van der Waals surface area contributed by atoms with Gasteiger partial charge in [0.05, 0.1) is 32.3 Å². The minimum atomic E-state index is -0.411. The van der Waals surface area contributed by atoms with Crippen molar-refractivity contribution >= 4 is 11.8 Å². The Morgan fingerprint density at radius 1 is 1.04 bits per heavy atom. The summed E-state index contributed by atoms with van der Waals surface area (Å²) in [5.41, 5.74) is 1.98. The number of hydrogen-bond acceptors (Lipinski definition) is 5. The molecular weight excluding hydrogens is 294 g/mol. The predicted octanol–water partition coefficient (Wildman–Crippen LogP) is 2.51. The summed E-state index contributed by atoms with van der Waals surface area (Å²) < 4.78 is 9.86. The third kappa shape index (κ3) is 3.74. The first kappa shape index (κ1) is 16.2. The summed E-state index contributed by atoms with van der Waals surface area (Å²) >= 11 is 0. The zero-order valence-electron chi connectivity index (χ0n) is 12.8. The van der Waals surface area contributed by atoms with E-state index in [-0.39, 0.29) is 12.2 Å². The number of methoxy groups -OCH3 is 2. The molecule has 0 atom stereocenters. The van der Waals surface area contributed by atoms with Gasteiger partial charge >= 0.3 is 5.97 Å². The van der Waals surface area contributed by atoms with E-state index in [0.717, 1.165) is 0 Å². The van der Waals surface area contributed by atoms with E-state index >= 15 is 0 Å². The number of carbonyl (C=O) groups excluding carboxylic acids is 2. The molecule has 2 rings (SSSR count). The van der Waals surface area contributed by atoms with Gasteiger partial charge in [0, 0.05) is 16.7 Å². The summed E-state index contributed by atoms with van der Waals surface area (Å²) in [4.78, 5) is 24.0. The summed E-state index contributed by atoms with van der Waals surface area (Å²) in [6, 6.07) is 13.3. The average Bonchev–Trinajstić information content (AvgIpc) is 2.61. The Labute approximate surface area is 134 Å². The van der Waals surface area contributed by atoms with E-state index in [9.17, 15) is 9.59 Å². The van der Waals surface area contributed by atoms with E-state index in [1.807, 2.05) is 6.07 Å². The monoisotopic (exact) mass is 309 g/mol. The van der Waals surface area contributed by atoms with Gasteiger partial charge in [-0.2, -0.15) is 5.26 Å². The summed E-state index contributed by atoms with van der Waals surface area (Å²) in [7, 11) is 2.80. The Hall–Kier alpha value is -3.13. The van der Waals surface area contributed by atoms with Gasteiger partial charge in [0.1, 0.15) is 5.75 Å². The second kappa shape index (κ2) is 7.23. The van der Waals surface area contributed by atoms with Gasteiger partial charge < -0.3 is 9.47 Å². The van der Waals surface area contributed by atoms with Crippen molar-refractivity contribution < 1.29 is 19.1 Å². The van der Waals surface area contributed by atoms with Crippen molar-refractivity contribution in [2.75, 3.05) is 14.2 Å². The van der Waals surface area contributed by atoms with Crippen molar-refractivity contribution in [2.24, 2.45) is 0 Å². The summed E-state index contributed by atoms with van der Waals surface area (Å²) in [6.07, 6.45) is 0.0220. The highest BCUT2D eigenvalue weighted by molar-refractivity contribution is 6.09. The molecule has 5 nitrogen and oxygen atoms in total. The SMILES string of the molecule is COC(=O)Cc1cc(C(=O)c2ccc(C#N)cc2)ccc1OC. The molecule has 2 aromatic carbocycles. The maximum atomic E-state index is 12.5. The van der Waals surface area contributed by atoms with Crippen LogP contribution in [0.1, 0.15) is 27.0 Å². The molecule has 0 saturated heterocycles. The first-order valence-electron chi connectivity index (χ1n) is 6.87. The third-order valence-corrected chi connectivity index (χ3v) is 3.38. The lowest BCUT2D eigenvalue weighted by Crippen LogP contribution is -2.08. The van der Waals surface area contributed by atoms with Crippen molar-refractivity contribution in [1.82, 2.24) is 0 Å². The fraction of sp³-hybridized carbons (Fsp3) is 0.167. The van der Waals surface area contributed by atoms with Crippen LogP contribution in [0.4, 0.5) is 0 Å². The molecule has 0 aliphatic heterocycles. The van der Waals surface area contributed by atoms with Gasteiger partial charge in [-0.15, -0.1) is 0 Å². The van der Waals surface area contributed by atoms with E-state index in [4.69, 9.17) is 10.00 Å². The van der Waals surface area contributed by atoms with Gasteiger partial charge in [0.15, 0.2) is 5.78 Å². The van der Waals surface area contributed by atoms with Crippen molar-refractivity contribution in [2.45, 2.75) is 6.42 Å². The van der Waals surface area contributed by atoms with E-state index in [1.165, 1.54) is 14.2 Å². The van der Waals surface area contributed by atoms with Gasteiger partial charge in [-0.3, -0.25) is 9.59 Å². The first-order chi connectivity index (χ1) is 11.1. The van der Waals surface area contributed by atoms with Crippen LogP contribution in [0.15, 0.2) is 42.5 Å². The molecule has 23 heavy (non-hydrogen) atoms. The molecule has 0 unspecified atom stereocenters. The van der Waals surface area contributed by atoms with Crippen LogP contribution in [0.25, 0.3) is 0 Å². The molecule has 116 valence electrons. The van der Waals surface area contributed by atoms with Crippen LogP contribution in [-0.4, -0.2) is 26.0 Å². The lowest BCUT2D eigenvalue weighted by molar-refractivity contribution is -0.139. The smallest absolute Gasteiger partial charge is 0.310 e. The first-order valence-corrected chi connectivity index (χ1v) is 6.87. The Bertz CT molecular complexity index is 773. The minimum absolute atomic E-state index is 0.0220. The van der Waals surface area contributed by atoms with Gasteiger partial charge in [0.25, 0.3) is 0 Å². The van der Waals surface area contributed by atoms with Crippen molar-refractivity contribution in [3.8, 4) is 11.8 Å². The molecule has 5 heteroatoms. The molecular formula is C18H15NO4. The molecule has 0 saturated carbocycles. The number of ketones is 1. The lowest BCUT2D eigenvalue weighted by Gasteiger charge is -2.10. The second-order valence-corrected chi connectivity index (χ2v) is 4.80. The van der Waals surface area contributed by atoms with Crippen LogP contribution in [-0.2, 0) is 16.0 Å². The zero-order valence-corrected chi connectivity index (χ0v) is 12.8. The molecule has 0 radical (unpaired) electrons. The highest BCUT2D eigenvalue weighted by atomic mass is 16.5. The number of esters is 1. The fourth-order valence-corrected chi connectivity index (χ4v) is 2.15. The lowest BCUT2D eigenvalue weighted by atomic mass is 9.99. The molecule has 0 heterocycles. The van der Waals surface area contributed by atoms with Crippen molar-refractivity contribution in [3.63, 3.8) is 0 Å². The Balaban J connectivity index is 2.34. The van der Waals surface area contributed by atoms with E-state index < -0.39 is 5.97 Å². The van der Waals surface area contributed by atoms with Gasteiger partial charge in [-0.25, -0.2) is 0 Å². The third-order valence-electron chi connectivity index (χ3n) is 3.38. The maximum Gasteiger partial charge on any atom is 0.310 e. The molecule has 0 aliphatic carbocycles. The van der Waals surface area contributed by atoms with E-state index in [1.54, 1.807) is 42.5 Å². The number of hydrogen-bond donors (Lipinski definition) is 0. The summed E-state index contributed by atoms with van der Waals surface area (Å²) in [5.74, 6) is -0.0821. The summed E-state index contributed by atoms with van der Waals surface area (Å²) in [5, 5.41) is 8.79. The standard InChI is InChI=1S/C18H15NO4/c1-22-16-8-7-14(9-15(16)10-17(20)23-2)18(21)13-5-3-12(11-19)4-6-13/h3-9H,10H2,1-2H3. The van der Waals surface area contributed by atoms with Gasteiger partial charge in [-0.05, 0) is 42.5 Å². The zero-order chi connectivity index (χ0) is 16.8. The molecule has 0 fully saturated rings. The van der Waals surface area contributed by atoms with Gasteiger partial charge in [0.2, 0.25) is 0 Å². The molecule has 0 N–H and O–H groups in total. The van der Waals surface area contributed by atoms with Crippen LogP contribution in [0.3, 0.4) is 0 Å². The molecule has 0 aromatic heterocycles. The van der Waals surface area contributed by atoms with E-state index in [0.29, 0.717) is 28.0 Å². The number of rotatable bonds is 5. The average molecular weight is 309 g/mol. The Morgan fingerprint density at radius 2 is 1.70 bits per heavy atom. The largest absolute Gasteiger partial charge is 0.496 e. The molecule has 0 aliphatic rings. The highest BCUT2D eigenvalue weighted by Crippen LogP contribution is 2.22. The van der Waals surface area contributed by atoms with Crippen molar-refractivity contribution in [1.29, 1.82) is 5.26 Å². The number of nitriles is 1. The molecule has 2 aromatic rings. The second-order valence-electron chi connectivity index (χ2n) is 4.80. The van der Waals surface area contributed by atoms with Gasteiger partial charge in [-0.1, -0.05) is 0 Å². The number of carbonyl (C=O) groups is 2. The summed E-state index contributed by atoms with van der Waals surface area (Å²) in [6.45, 7) is 0. The topological polar surface area (TPSA) is 76.4 Å². The van der Waals surface area contributed by atoms with Crippen LogP contribution in [0.2, 0.25) is 0 Å². The van der Waals surface area contributed by atoms with Crippen LogP contribution >= 0.6 is 0 Å². The Kier molecular flexibility index (Phi) is 5.11. The predicted molar refractivity (Wildman–Crippen MR) is 83.3 cm³/mol. The Morgan fingerprint density at radius 3 is 2.26 bits per heavy atom. The molecule has 0 spiro atoms. The minimum Gasteiger partial charge on any atom is -0.496 e. The normalized spacial score (nSPS) is 9.78. The number of benzene rings is 2. The van der Waals surface area contributed by atoms with Crippen LogP contribution in [0.5, 0.6) is 5.75 Å². The highest BCUT2D eigenvalue weighted by Gasteiger charge is 2.14. The van der Waals surface area contributed by atoms with E-state index in [2.05, 4.69) is 4.74 Å². The number of nitrogens with zero attached hydrogens (tertiary/aromatic N) is 1. The molecule has 0 bridgehead atoms.